The van der Waals surface area contributed by atoms with Crippen LogP contribution in [0, 0.1) is 0 Å². The van der Waals surface area contributed by atoms with Crippen molar-refractivity contribution in [2.45, 2.75) is 0 Å². The van der Waals surface area contributed by atoms with Gasteiger partial charge in [-0.25, -0.2) is 0 Å². The lowest BCUT2D eigenvalue weighted by atomic mass is 10.0. The van der Waals surface area contributed by atoms with Crippen molar-refractivity contribution in [2.24, 2.45) is 0 Å². The first-order valence-corrected chi connectivity index (χ1v) is 16.1. The van der Waals surface area contributed by atoms with E-state index >= 15 is 0 Å². The van der Waals surface area contributed by atoms with E-state index in [1.54, 1.807) is 0 Å². The Hall–Kier alpha value is -5.64. The van der Waals surface area contributed by atoms with Gasteiger partial charge in [0.1, 0.15) is 0 Å². The van der Waals surface area contributed by atoms with E-state index in [0.29, 0.717) is 0 Å². The smallest absolute Gasteiger partial charge is 0.0541 e. The highest BCUT2D eigenvalue weighted by Crippen LogP contribution is 2.42. The molecule has 0 N–H and O–H groups in total. The highest BCUT2D eigenvalue weighted by Gasteiger charge is 2.17. The summed E-state index contributed by atoms with van der Waals surface area (Å²) in [5, 5.41) is 5.15. The van der Waals surface area contributed by atoms with Crippen molar-refractivity contribution >= 4 is 70.4 Å². The molecule has 3 heteroatoms. The molecule has 0 fully saturated rings. The number of benzene rings is 7. The van der Waals surface area contributed by atoms with E-state index in [-0.39, 0.29) is 0 Å². The Morgan fingerprint density at radius 2 is 0.956 bits per heavy atom. The van der Waals surface area contributed by atoms with Crippen LogP contribution in [-0.2, 0) is 0 Å². The molecule has 0 radical (unpaired) electrons. The van der Waals surface area contributed by atoms with Crippen LogP contribution in [0.4, 0.5) is 17.1 Å². The zero-order chi connectivity index (χ0) is 29.7. The van der Waals surface area contributed by atoms with E-state index < -0.39 is 0 Å². The summed E-state index contributed by atoms with van der Waals surface area (Å²) in [4.78, 5) is 2.36. The average Bonchev–Trinajstić information content (AvgIpc) is 3.65. The van der Waals surface area contributed by atoms with E-state index in [4.69, 9.17) is 0 Å². The summed E-state index contributed by atoms with van der Waals surface area (Å²) >= 11 is 1.85. The summed E-state index contributed by atoms with van der Waals surface area (Å²) in [5.74, 6) is 0. The van der Waals surface area contributed by atoms with Gasteiger partial charge >= 0.3 is 0 Å². The van der Waals surface area contributed by atoms with Gasteiger partial charge in [0.15, 0.2) is 0 Å². The Balaban J connectivity index is 1.18. The first kappa shape index (κ1) is 25.8. The van der Waals surface area contributed by atoms with E-state index in [1.165, 1.54) is 58.8 Å². The quantitative estimate of drug-likeness (QED) is 0.193. The zero-order valence-electron chi connectivity index (χ0n) is 24.5. The van der Waals surface area contributed by atoms with Crippen molar-refractivity contribution in [2.75, 3.05) is 4.90 Å². The molecule has 0 amide bonds. The van der Waals surface area contributed by atoms with Gasteiger partial charge in [0.2, 0.25) is 0 Å². The number of aromatic nitrogens is 1. The maximum absolute atomic E-state index is 2.41. The summed E-state index contributed by atoms with van der Waals surface area (Å²) in [6.45, 7) is 0. The van der Waals surface area contributed by atoms with E-state index in [0.717, 1.165) is 17.1 Å². The Morgan fingerprint density at radius 1 is 0.400 bits per heavy atom. The van der Waals surface area contributed by atoms with Crippen LogP contribution in [0.3, 0.4) is 0 Å². The molecule has 9 aromatic rings. The Morgan fingerprint density at radius 3 is 1.71 bits per heavy atom. The molecule has 212 valence electrons. The molecule has 0 saturated carbocycles. The highest BCUT2D eigenvalue weighted by atomic mass is 32.1. The fourth-order valence-electron chi connectivity index (χ4n) is 6.76. The van der Waals surface area contributed by atoms with Crippen LogP contribution in [0.5, 0.6) is 0 Å². The third kappa shape index (κ3) is 4.24. The maximum atomic E-state index is 2.41. The molecule has 2 aromatic heterocycles. The lowest BCUT2D eigenvalue weighted by Gasteiger charge is -2.26. The fraction of sp³-hybridized carbons (Fsp3) is 0. The lowest BCUT2D eigenvalue weighted by Crippen LogP contribution is -2.09. The van der Waals surface area contributed by atoms with Crippen molar-refractivity contribution in [3.63, 3.8) is 0 Å². The number of thiophene rings is 1. The summed E-state index contributed by atoms with van der Waals surface area (Å²) in [7, 11) is 0. The minimum Gasteiger partial charge on any atom is -0.310 e. The number of rotatable bonds is 5. The standard InChI is InChI=1S/C42H28N2S/c1-2-12-30(13-3-1)43(32-26-27-42-37(28-32)36-17-7-11-21-41(36)45-42)31-24-22-29(23-25-31)33-14-4-8-18-38(33)44-39-19-9-5-15-34(39)35-16-6-10-20-40(35)44/h1-28H. The summed E-state index contributed by atoms with van der Waals surface area (Å²) < 4.78 is 5.04. The van der Waals surface area contributed by atoms with Gasteiger partial charge in [-0.15, -0.1) is 11.3 Å². The summed E-state index contributed by atoms with van der Waals surface area (Å²) in [6, 6.07) is 61.4. The van der Waals surface area contributed by atoms with Crippen molar-refractivity contribution < 1.29 is 0 Å². The molecule has 7 aromatic carbocycles. The van der Waals surface area contributed by atoms with E-state index in [1.807, 2.05) is 11.3 Å². The monoisotopic (exact) mass is 592 g/mol. The van der Waals surface area contributed by atoms with Gasteiger partial charge in [0, 0.05) is 53.6 Å². The minimum atomic E-state index is 1.12. The van der Waals surface area contributed by atoms with Gasteiger partial charge in [-0.05, 0) is 72.3 Å². The molecule has 0 aliphatic carbocycles. The van der Waals surface area contributed by atoms with Gasteiger partial charge in [-0.1, -0.05) is 103 Å². The Kier molecular flexibility index (Phi) is 6.03. The molecule has 0 unspecified atom stereocenters. The molecule has 2 heterocycles. The zero-order valence-corrected chi connectivity index (χ0v) is 25.3. The van der Waals surface area contributed by atoms with Gasteiger partial charge in [0.05, 0.1) is 16.7 Å². The molecule has 0 aliphatic rings. The predicted molar refractivity (Wildman–Crippen MR) is 194 cm³/mol. The van der Waals surface area contributed by atoms with Crippen LogP contribution >= 0.6 is 11.3 Å². The van der Waals surface area contributed by atoms with Crippen LogP contribution in [0.2, 0.25) is 0 Å². The van der Waals surface area contributed by atoms with Crippen molar-refractivity contribution in [1.29, 1.82) is 0 Å². The third-order valence-corrected chi connectivity index (χ3v) is 9.95. The normalized spacial score (nSPS) is 11.6. The largest absolute Gasteiger partial charge is 0.310 e. The number of anilines is 3. The van der Waals surface area contributed by atoms with Gasteiger partial charge < -0.3 is 9.47 Å². The summed E-state index contributed by atoms with van der Waals surface area (Å²) in [5.41, 5.74) is 9.40. The van der Waals surface area contributed by atoms with Gasteiger partial charge in [-0.2, -0.15) is 0 Å². The second kappa shape index (κ2) is 10.5. The van der Waals surface area contributed by atoms with Crippen molar-refractivity contribution in [3.8, 4) is 16.8 Å². The fourth-order valence-corrected chi connectivity index (χ4v) is 7.85. The molecule has 9 rings (SSSR count). The number of para-hydroxylation sites is 4. The van der Waals surface area contributed by atoms with Crippen LogP contribution in [0.1, 0.15) is 0 Å². The Bertz CT molecular complexity index is 2430. The first-order chi connectivity index (χ1) is 22.3. The van der Waals surface area contributed by atoms with Crippen LogP contribution in [0.25, 0.3) is 58.8 Å². The van der Waals surface area contributed by atoms with Crippen LogP contribution in [-0.4, -0.2) is 4.57 Å². The molecular formula is C42H28N2S. The number of hydrogen-bond donors (Lipinski definition) is 0. The van der Waals surface area contributed by atoms with E-state index in [2.05, 4.69) is 179 Å². The lowest BCUT2D eigenvalue weighted by molar-refractivity contribution is 1.18. The average molecular weight is 593 g/mol. The SMILES string of the molecule is c1ccc(N(c2ccc(-c3ccccc3-n3c4ccccc4c4ccccc43)cc2)c2ccc3sc4ccccc4c3c2)cc1. The molecule has 2 nitrogen and oxygen atoms in total. The number of nitrogens with zero attached hydrogens (tertiary/aromatic N) is 2. The van der Waals surface area contributed by atoms with Crippen LogP contribution < -0.4 is 4.90 Å². The summed E-state index contributed by atoms with van der Waals surface area (Å²) in [6.07, 6.45) is 0. The second-order valence-corrected chi connectivity index (χ2v) is 12.5. The number of fused-ring (bicyclic) bond motifs is 6. The molecule has 0 bridgehead atoms. The molecule has 0 saturated heterocycles. The predicted octanol–water partition coefficient (Wildman–Crippen LogP) is 12.3. The van der Waals surface area contributed by atoms with Gasteiger partial charge in [0.25, 0.3) is 0 Å². The maximum Gasteiger partial charge on any atom is 0.0541 e. The first-order valence-electron chi connectivity index (χ1n) is 15.3. The van der Waals surface area contributed by atoms with Gasteiger partial charge in [-0.3, -0.25) is 0 Å². The molecule has 0 aliphatic heterocycles. The van der Waals surface area contributed by atoms with Crippen LogP contribution in [0.15, 0.2) is 170 Å². The highest BCUT2D eigenvalue weighted by molar-refractivity contribution is 7.25. The molecule has 45 heavy (non-hydrogen) atoms. The molecule has 0 atom stereocenters. The molecular weight excluding hydrogens is 565 g/mol. The third-order valence-electron chi connectivity index (χ3n) is 8.79. The topological polar surface area (TPSA) is 8.17 Å². The van der Waals surface area contributed by atoms with Crippen molar-refractivity contribution in [1.82, 2.24) is 4.57 Å². The van der Waals surface area contributed by atoms with E-state index in [9.17, 15) is 0 Å². The second-order valence-electron chi connectivity index (χ2n) is 11.4. The Labute approximate surface area is 265 Å². The molecule has 0 spiro atoms. The minimum absolute atomic E-state index is 1.12. The number of hydrogen-bond acceptors (Lipinski definition) is 2. The van der Waals surface area contributed by atoms with Crippen molar-refractivity contribution in [3.05, 3.63) is 170 Å².